The van der Waals surface area contributed by atoms with Crippen LogP contribution >= 0.6 is 0 Å². The van der Waals surface area contributed by atoms with Gasteiger partial charge in [0.25, 0.3) is 38.6 Å². The van der Waals surface area contributed by atoms with E-state index in [1.54, 1.807) is 64.3 Å². The number of nitrogens with zero attached hydrogens (tertiary/aromatic N) is 6. The number of aliphatic hydroxyl groups is 6. The number of carboxylic acid groups (broad SMARTS) is 1. The van der Waals surface area contributed by atoms with Gasteiger partial charge in [-0.3, -0.25) is 28.5 Å². The summed E-state index contributed by atoms with van der Waals surface area (Å²) in [5, 5.41) is 79.2. The number of nitrogens with one attached hydrogen (secondary N) is 2. The first-order valence-electron chi connectivity index (χ1n) is 39.7. The summed E-state index contributed by atoms with van der Waals surface area (Å²) in [6.45, 7) is 10.1. The van der Waals surface area contributed by atoms with Crippen molar-refractivity contribution in [3.63, 3.8) is 0 Å². The highest BCUT2D eigenvalue weighted by atomic mass is 32.2. The Morgan fingerprint density at radius 1 is 0.475 bits per heavy atom. The topological polar surface area (TPSA) is 481 Å². The average molecular weight is 1670 g/mol. The van der Waals surface area contributed by atoms with Gasteiger partial charge < -0.3 is 80.0 Å². The predicted octanol–water partition coefficient (Wildman–Crippen LogP) is 5.88. The van der Waals surface area contributed by atoms with Crippen molar-refractivity contribution >= 4 is 78.5 Å². The molecular formula is C85H84F3N9O22S. The number of halogens is 3. The molecule has 120 heavy (non-hydrogen) atoms. The predicted molar refractivity (Wildman–Crippen MR) is 419 cm³/mol. The molecule has 628 valence electrons. The van der Waals surface area contributed by atoms with Gasteiger partial charge in [0.2, 0.25) is 0 Å². The minimum atomic E-state index is -3.67. The number of benzene rings is 3. The number of ether oxygens (including phenoxy) is 3. The van der Waals surface area contributed by atoms with E-state index in [0.29, 0.717) is 151 Å². The molecule has 0 unspecified atom stereocenters. The van der Waals surface area contributed by atoms with E-state index in [0.717, 1.165) is 66.2 Å². The van der Waals surface area contributed by atoms with Gasteiger partial charge in [-0.25, -0.2) is 47.3 Å². The second-order valence-electron chi connectivity index (χ2n) is 33.3. The Labute approximate surface area is 679 Å². The molecule has 2 amide bonds. The minimum absolute atomic E-state index is 0.0237. The Balaban J connectivity index is 0.000000120. The highest BCUT2D eigenvalue weighted by Crippen LogP contribution is 2.52. The van der Waals surface area contributed by atoms with Gasteiger partial charge in [-0.1, -0.05) is 20.8 Å². The van der Waals surface area contributed by atoms with Gasteiger partial charge in [0.15, 0.2) is 22.4 Å². The van der Waals surface area contributed by atoms with E-state index in [4.69, 9.17) is 49.7 Å². The molecule has 0 saturated heterocycles. The van der Waals surface area contributed by atoms with Crippen LogP contribution in [-0.4, -0.2) is 136 Å². The van der Waals surface area contributed by atoms with E-state index in [1.807, 2.05) is 0 Å². The Bertz CT molecular complexity index is 6270. The quantitative estimate of drug-likeness (QED) is 0.0480. The third kappa shape index (κ3) is 12.6. The lowest BCUT2D eigenvalue weighted by atomic mass is 9.81. The Morgan fingerprint density at radius 2 is 0.758 bits per heavy atom. The molecule has 31 nitrogen and oxygen atoms in total. The molecule has 12 aliphatic rings. The second-order valence-corrected chi connectivity index (χ2v) is 34.8. The number of hydrogen-bond donors (Lipinski definition) is 11. The monoisotopic (exact) mass is 1670 g/mol. The van der Waals surface area contributed by atoms with Gasteiger partial charge in [-0.05, 0) is 185 Å². The van der Waals surface area contributed by atoms with Gasteiger partial charge in [0.05, 0.1) is 105 Å². The van der Waals surface area contributed by atoms with Crippen LogP contribution in [0.1, 0.15) is 216 Å². The van der Waals surface area contributed by atoms with Crippen LogP contribution in [0.25, 0.3) is 66.9 Å². The molecule has 35 heteroatoms. The fraction of sp³-hybridized carbons (Fsp3) is 0.435. The van der Waals surface area contributed by atoms with Crippen LogP contribution in [-0.2, 0) is 129 Å². The SMILES string of the molecule is CC[C@@]1(O)C(=O)OCc2c1cc1n(c2=O)Cc2c-1nc1cc(F)c(C)c3c1c2[C@@H](N)CC3.CC[C@@]1(O)C(=O)OCc2c1cc1n(c2=O)Cc2c-1nc1cc(F)c(C)c3c1c2[C@@H](NC(=O)C1(O)CC1)CC3.CC[C@@]1(O)C(=O)OCc2c1cc1n(c2=O)Cc2c-1nc1cc(F)c(C)c3c1c2[C@@H](NC(=O)C1(O)CC1)CC3.CS(=O)(=O)O.O=C(O)C1(O)CC1. The molecule has 3 saturated carbocycles. The van der Waals surface area contributed by atoms with E-state index < -0.39 is 103 Å². The second kappa shape index (κ2) is 28.0. The maximum Gasteiger partial charge on any atom is 0.343 e. The first-order valence-corrected chi connectivity index (χ1v) is 41.6. The number of carbonyl (C=O) groups excluding carboxylic acids is 5. The highest BCUT2D eigenvalue weighted by molar-refractivity contribution is 7.85. The largest absolute Gasteiger partial charge is 0.479 e. The number of esters is 3. The van der Waals surface area contributed by atoms with Crippen LogP contribution in [0.4, 0.5) is 13.2 Å². The highest BCUT2D eigenvalue weighted by Gasteiger charge is 2.54. The molecular weight excluding hydrogens is 1590 g/mol. The first-order chi connectivity index (χ1) is 56.5. The maximum atomic E-state index is 15.0. The number of fused-ring (bicyclic) bond motifs is 15. The van der Waals surface area contributed by atoms with Crippen molar-refractivity contribution in [1.29, 1.82) is 0 Å². The Hall–Kier alpha value is -11.0. The van der Waals surface area contributed by atoms with Crippen molar-refractivity contribution in [2.45, 2.75) is 229 Å². The van der Waals surface area contributed by atoms with E-state index in [2.05, 4.69) is 10.6 Å². The van der Waals surface area contributed by atoms with Gasteiger partial charge in [0.1, 0.15) is 48.5 Å². The van der Waals surface area contributed by atoms with Crippen molar-refractivity contribution < 1.29 is 105 Å². The van der Waals surface area contributed by atoms with Gasteiger partial charge in [-0.2, -0.15) is 8.42 Å². The summed E-state index contributed by atoms with van der Waals surface area (Å²) in [6.07, 6.45) is 6.73. The average Bonchev–Trinajstić information content (AvgIpc) is 1.54. The van der Waals surface area contributed by atoms with Crippen LogP contribution in [0.3, 0.4) is 0 Å². The smallest absolute Gasteiger partial charge is 0.343 e. The van der Waals surface area contributed by atoms with Gasteiger partial charge in [0, 0.05) is 73.8 Å². The minimum Gasteiger partial charge on any atom is -0.479 e. The molecule has 21 rings (SSSR count). The van der Waals surface area contributed by atoms with E-state index in [-0.39, 0.29) is 121 Å². The van der Waals surface area contributed by atoms with Crippen molar-refractivity contribution in [2.24, 2.45) is 5.73 Å². The summed E-state index contributed by atoms with van der Waals surface area (Å²) in [5.41, 5.74) is 10.0. The van der Waals surface area contributed by atoms with E-state index in [1.165, 1.54) is 27.3 Å². The number of rotatable bonds is 8. The Kier molecular flexibility index (Phi) is 19.0. The fourth-order valence-corrected chi connectivity index (χ4v) is 18.6. The molecule has 3 fully saturated rings. The molecule has 0 bridgehead atoms. The van der Waals surface area contributed by atoms with Crippen molar-refractivity contribution in [2.75, 3.05) is 6.26 Å². The zero-order chi connectivity index (χ0) is 86.0. The standard InChI is InChI=1S/2C28H26FN3O6.C24H22FN3O4.C4H6O3.CH4O3S/c2*1-3-28(37)16-8-20-23-14(10-32(20)24(33)15(16)11-38-26(28)35)22-18(31-25(34)27(36)6-7-27)5-4-13-12(2)17(29)9-19(30-23)21(13)22;1-3-24(31)14-6-18-21-12(8-28(18)22(29)13(14)9-32-23(24)30)19-16(26)5-4-11-10(2)15(25)7-17(27-21)20(11)19;5-3(6)4(7)1-2-4;1-5(2,3)4/h2*8-9,18,36-37H,3-7,10-11H2,1-2H3,(H,31,34);6-7,16,31H,3-5,8-9,26H2,1-2H3;7H,1-2H2,(H,5,6);1H3,(H,2,3,4)/t2*18-,28-;16-,24-;;/m000../s1. The normalized spacial score (nSPS) is 23.2. The third-order valence-corrected chi connectivity index (χ3v) is 26.2. The maximum absolute atomic E-state index is 15.0. The number of aromatic nitrogens is 6. The van der Waals surface area contributed by atoms with E-state index in [9.17, 15) is 90.3 Å². The van der Waals surface area contributed by atoms with E-state index >= 15 is 0 Å². The number of cyclic esters (lactones) is 3. The van der Waals surface area contributed by atoms with Crippen LogP contribution < -0.4 is 33.0 Å². The number of pyridine rings is 6. The number of aliphatic carboxylic acids is 1. The summed E-state index contributed by atoms with van der Waals surface area (Å²) in [4.78, 5) is 128. The number of hydrogen-bond acceptors (Lipinski definition) is 24. The molecule has 6 aliphatic heterocycles. The molecule has 0 spiro atoms. The molecule has 9 aromatic rings. The molecule has 6 atom stereocenters. The van der Waals surface area contributed by atoms with Crippen molar-refractivity contribution in [3.8, 4) is 34.2 Å². The molecule has 12 heterocycles. The molecule has 0 radical (unpaired) electrons. The lowest BCUT2D eigenvalue weighted by Gasteiger charge is -2.31. The number of nitrogens with two attached hydrogens (primary N) is 1. The molecule has 6 aliphatic carbocycles. The van der Waals surface area contributed by atoms with Crippen LogP contribution in [0.2, 0.25) is 0 Å². The fourth-order valence-electron chi connectivity index (χ4n) is 18.6. The molecule has 12 N–H and O–H groups in total. The number of aryl methyl sites for hydroxylation is 3. The van der Waals surface area contributed by atoms with Gasteiger partial charge in [-0.15, -0.1) is 0 Å². The third-order valence-electron chi connectivity index (χ3n) is 26.2. The summed E-state index contributed by atoms with van der Waals surface area (Å²) in [7, 11) is -3.67. The van der Waals surface area contributed by atoms with Crippen LogP contribution in [0.15, 0.2) is 50.8 Å². The number of carbonyl (C=O) groups is 6. The zero-order valence-electron chi connectivity index (χ0n) is 66.1. The van der Waals surface area contributed by atoms with Crippen LogP contribution in [0.5, 0.6) is 0 Å². The molecule has 3 aromatic carbocycles. The summed E-state index contributed by atoms with van der Waals surface area (Å²) >= 11 is 0. The summed E-state index contributed by atoms with van der Waals surface area (Å²) in [6, 6.07) is 7.91. The first kappa shape index (κ1) is 81.3. The van der Waals surface area contributed by atoms with Crippen molar-refractivity contribution in [3.05, 3.63) is 185 Å². The lowest BCUT2D eigenvalue weighted by Crippen LogP contribution is -2.44. The van der Waals surface area contributed by atoms with Crippen molar-refractivity contribution in [1.82, 2.24) is 39.3 Å². The summed E-state index contributed by atoms with van der Waals surface area (Å²) in [5.74, 6) is -5.42. The number of carboxylic acids is 1. The number of amides is 2. The zero-order valence-corrected chi connectivity index (χ0v) is 67.0. The van der Waals surface area contributed by atoms with Gasteiger partial charge >= 0.3 is 23.9 Å². The molecule has 6 aromatic heterocycles. The lowest BCUT2D eigenvalue weighted by molar-refractivity contribution is -0.172. The Morgan fingerprint density at radius 3 is 1.03 bits per heavy atom. The summed E-state index contributed by atoms with van der Waals surface area (Å²) < 4.78 is 90.6. The van der Waals surface area contributed by atoms with Crippen LogP contribution in [0, 0.1) is 38.2 Å².